The minimum atomic E-state index is -4.33. The molecule has 0 fully saturated rings. The van der Waals surface area contributed by atoms with Gasteiger partial charge in [0.15, 0.2) is 5.96 Å². The van der Waals surface area contributed by atoms with E-state index in [2.05, 4.69) is 20.7 Å². The molecule has 1 aromatic carbocycles. The molecule has 0 bridgehead atoms. The molecule has 2 aromatic rings. The minimum absolute atomic E-state index is 0. The van der Waals surface area contributed by atoms with Crippen molar-refractivity contribution in [3.05, 3.63) is 53.3 Å². The van der Waals surface area contributed by atoms with Gasteiger partial charge in [-0.05, 0) is 29.7 Å². The van der Waals surface area contributed by atoms with Crippen molar-refractivity contribution in [3.8, 4) is 0 Å². The molecule has 0 aliphatic carbocycles. The van der Waals surface area contributed by atoms with Gasteiger partial charge in [-0.2, -0.15) is 18.3 Å². The Kier molecular flexibility index (Phi) is 8.20. The molecule has 25 heavy (non-hydrogen) atoms. The maximum Gasteiger partial charge on any atom is 0.416 e. The van der Waals surface area contributed by atoms with Crippen LogP contribution in [0.15, 0.2) is 41.7 Å². The number of aryl methyl sites for hydroxylation is 1. The van der Waals surface area contributed by atoms with E-state index in [1.807, 2.05) is 13.2 Å². The second-order valence-electron chi connectivity index (χ2n) is 5.32. The summed E-state index contributed by atoms with van der Waals surface area (Å²) in [6.07, 6.45) is 0.165. The highest BCUT2D eigenvalue weighted by Gasteiger charge is 2.30. The van der Waals surface area contributed by atoms with Gasteiger partial charge in [0.05, 0.1) is 11.8 Å². The zero-order valence-corrected chi connectivity index (χ0v) is 16.3. The van der Waals surface area contributed by atoms with Crippen molar-refractivity contribution in [3.63, 3.8) is 0 Å². The highest BCUT2D eigenvalue weighted by Crippen LogP contribution is 2.29. The smallest absolute Gasteiger partial charge is 0.356 e. The second kappa shape index (κ2) is 9.64. The molecule has 0 saturated heterocycles. The molecule has 9 heteroatoms. The summed E-state index contributed by atoms with van der Waals surface area (Å²) >= 11 is 0. The highest BCUT2D eigenvalue weighted by atomic mass is 127. The number of nitrogens with one attached hydrogen (secondary N) is 2. The third kappa shape index (κ3) is 6.92. The summed E-state index contributed by atoms with van der Waals surface area (Å²) in [5.41, 5.74) is 0.986. The molecular formula is C16H21F3IN5. The molecule has 0 atom stereocenters. The van der Waals surface area contributed by atoms with E-state index >= 15 is 0 Å². The van der Waals surface area contributed by atoms with Gasteiger partial charge in [0, 0.05) is 33.4 Å². The van der Waals surface area contributed by atoms with Crippen LogP contribution in [0.4, 0.5) is 13.2 Å². The maximum atomic E-state index is 12.7. The molecule has 0 saturated carbocycles. The van der Waals surface area contributed by atoms with Crippen LogP contribution < -0.4 is 10.6 Å². The zero-order chi connectivity index (χ0) is 17.6. The van der Waals surface area contributed by atoms with Gasteiger partial charge in [-0.15, -0.1) is 24.0 Å². The number of aromatic nitrogens is 2. The van der Waals surface area contributed by atoms with Crippen LogP contribution in [0, 0.1) is 0 Å². The predicted molar refractivity (Wildman–Crippen MR) is 102 cm³/mol. The lowest BCUT2D eigenvalue weighted by atomic mass is 10.1. The Labute approximate surface area is 161 Å². The van der Waals surface area contributed by atoms with Crippen LogP contribution >= 0.6 is 24.0 Å². The number of guanidine groups is 1. The Hall–Kier alpha value is -1.78. The van der Waals surface area contributed by atoms with Gasteiger partial charge in [0.25, 0.3) is 0 Å². The van der Waals surface area contributed by atoms with E-state index in [-0.39, 0.29) is 30.5 Å². The molecule has 0 aliphatic heterocycles. The van der Waals surface area contributed by atoms with Crippen molar-refractivity contribution in [1.82, 2.24) is 20.4 Å². The first-order chi connectivity index (χ1) is 11.4. The van der Waals surface area contributed by atoms with E-state index in [9.17, 15) is 13.2 Å². The summed E-state index contributed by atoms with van der Waals surface area (Å²) in [6, 6.07) is 5.24. The molecule has 0 radical (unpaired) electrons. The quantitative estimate of drug-likeness (QED) is 0.404. The summed E-state index contributed by atoms with van der Waals surface area (Å²) < 4.78 is 39.8. The molecular weight excluding hydrogens is 446 g/mol. The van der Waals surface area contributed by atoms with Crippen molar-refractivity contribution < 1.29 is 13.2 Å². The fourth-order valence-corrected chi connectivity index (χ4v) is 2.19. The molecule has 0 aliphatic rings. The fourth-order valence-electron chi connectivity index (χ4n) is 2.19. The van der Waals surface area contributed by atoms with Crippen molar-refractivity contribution in [1.29, 1.82) is 0 Å². The first kappa shape index (κ1) is 21.3. The number of rotatable bonds is 5. The summed E-state index contributed by atoms with van der Waals surface area (Å²) in [7, 11) is 3.47. The van der Waals surface area contributed by atoms with Gasteiger partial charge in [-0.3, -0.25) is 9.67 Å². The van der Waals surface area contributed by atoms with Crippen molar-refractivity contribution in [2.24, 2.45) is 12.0 Å². The molecule has 2 N–H and O–H groups in total. The highest BCUT2D eigenvalue weighted by molar-refractivity contribution is 14.0. The normalized spacial score (nSPS) is 11.8. The first-order valence-electron chi connectivity index (χ1n) is 7.46. The number of benzene rings is 1. The Morgan fingerprint density at radius 3 is 2.60 bits per heavy atom. The molecule has 0 unspecified atom stereocenters. The Morgan fingerprint density at radius 1 is 1.24 bits per heavy atom. The van der Waals surface area contributed by atoms with Crippen LogP contribution in [0.2, 0.25) is 0 Å². The van der Waals surface area contributed by atoms with Crippen LogP contribution in [0.25, 0.3) is 0 Å². The number of halogens is 4. The van der Waals surface area contributed by atoms with Gasteiger partial charge in [0.1, 0.15) is 0 Å². The average Bonchev–Trinajstić information content (AvgIpc) is 2.95. The number of alkyl halides is 3. The van der Waals surface area contributed by atoms with Crippen molar-refractivity contribution in [2.75, 3.05) is 13.6 Å². The SMILES string of the molecule is CN=C(NCCc1cnn(C)c1)NCc1cccc(C(F)(F)F)c1.I. The average molecular weight is 467 g/mol. The van der Waals surface area contributed by atoms with Crippen LogP contribution in [0.3, 0.4) is 0 Å². The summed E-state index contributed by atoms with van der Waals surface area (Å²) in [5, 5.41) is 10.2. The molecule has 0 amide bonds. The molecule has 1 aromatic heterocycles. The van der Waals surface area contributed by atoms with Gasteiger partial charge in [-0.1, -0.05) is 12.1 Å². The number of aliphatic imine (C=N–C) groups is 1. The van der Waals surface area contributed by atoms with E-state index in [1.165, 1.54) is 6.07 Å². The molecule has 2 rings (SSSR count). The Bertz CT molecular complexity index is 697. The van der Waals surface area contributed by atoms with E-state index in [0.29, 0.717) is 18.1 Å². The van der Waals surface area contributed by atoms with Crippen LogP contribution in [0.5, 0.6) is 0 Å². The van der Waals surface area contributed by atoms with E-state index in [1.54, 1.807) is 24.0 Å². The summed E-state index contributed by atoms with van der Waals surface area (Å²) in [5.74, 6) is 0.538. The van der Waals surface area contributed by atoms with Gasteiger partial charge in [-0.25, -0.2) is 0 Å². The molecule has 5 nitrogen and oxygen atoms in total. The third-order valence-corrected chi connectivity index (χ3v) is 3.40. The largest absolute Gasteiger partial charge is 0.416 e. The number of hydrogen-bond donors (Lipinski definition) is 2. The van der Waals surface area contributed by atoms with Gasteiger partial charge >= 0.3 is 6.18 Å². The van der Waals surface area contributed by atoms with Gasteiger partial charge in [0.2, 0.25) is 0 Å². The molecule has 1 heterocycles. The summed E-state index contributed by atoms with van der Waals surface area (Å²) in [6.45, 7) is 0.907. The maximum absolute atomic E-state index is 12.7. The van der Waals surface area contributed by atoms with Crippen molar-refractivity contribution >= 4 is 29.9 Å². The molecule has 0 spiro atoms. The zero-order valence-electron chi connectivity index (χ0n) is 14.0. The monoisotopic (exact) mass is 467 g/mol. The third-order valence-electron chi connectivity index (χ3n) is 3.40. The fraction of sp³-hybridized carbons (Fsp3) is 0.375. The number of hydrogen-bond acceptors (Lipinski definition) is 2. The predicted octanol–water partition coefficient (Wildman–Crippen LogP) is 2.96. The van der Waals surface area contributed by atoms with E-state index in [4.69, 9.17) is 0 Å². The van der Waals surface area contributed by atoms with E-state index < -0.39 is 11.7 Å². The van der Waals surface area contributed by atoms with Crippen molar-refractivity contribution in [2.45, 2.75) is 19.1 Å². The number of nitrogens with zero attached hydrogens (tertiary/aromatic N) is 3. The van der Waals surface area contributed by atoms with E-state index in [0.717, 1.165) is 24.1 Å². The Morgan fingerprint density at radius 2 is 2.00 bits per heavy atom. The minimum Gasteiger partial charge on any atom is -0.356 e. The van der Waals surface area contributed by atoms with Crippen LogP contribution in [0.1, 0.15) is 16.7 Å². The lowest BCUT2D eigenvalue weighted by Gasteiger charge is -2.13. The Balaban J connectivity index is 0.00000312. The van der Waals surface area contributed by atoms with Crippen LogP contribution in [-0.4, -0.2) is 29.3 Å². The summed E-state index contributed by atoms with van der Waals surface area (Å²) in [4.78, 5) is 4.06. The topological polar surface area (TPSA) is 54.2 Å². The van der Waals surface area contributed by atoms with Gasteiger partial charge < -0.3 is 10.6 Å². The lowest BCUT2D eigenvalue weighted by Crippen LogP contribution is -2.37. The van der Waals surface area contributed by atoms with Crippen LogP contribution in [-0.2, 0) is 26.2 Å². The lowest BCUT2D eigenvalue weighted by molar-refractivity contribution is -0.137. The first-order valence-corrected chi connectivity index (χ1v) is 7.46. The second-order valence-corrected chi connectivity index (χ2v) is 5.32. The molecule has 138 valence electrons. The standard InChI is InChI=1S/C16H20F3N5.HI/c1-20-15(21-7-6-13-10-23-24(2)11-13)22-9-12-4-3-5-14(8-12)16(17,18)19;/h3-5,8,10-11H,6-7,9H2,1-2H3,(H2,20,21,22);1H.